The van der Waals surface area contributed by atoms with Crippen LogP contribution >= 0.6 is 0 Å². The predicted octanol–water partition coefficient (Wildman–Crippen LogP) is 1.51. The second kappa shape index (κ2) is 4.59. The smallest absolute Gasteiger partial charge is 0.150 e. The van der Waals surface area contributed by atoms with E-state index < -0.39 is 9.84 Å². The number of rotatable bonds is 3. The Bertz CT molecular complexity index is 410. The first-order valence-electron chi connectivity index (χ1n) is 5.57. The van der Waals surface area contributed by atoms with E-state index in [1.165, 1.54) is 0 Å². The van der Waals surface area contributed by atoms with Gasteiger partial charge in [0, 0.05) is 6.04 Å². The first-order valence-corrected chi connectivity index (χ1v) is 7.39. The van der Waals surface area contributed by atoms with Crippen molar-refractivity contribution < 1.29 is 12.8 Å². The van der Waals surface area contributed by atoms with Crippen molar-refractivity contribution >= 4 is 9.84 Å². The van der Waals surface area contributed by atoms with E-state index in [1.807, 2.05) is 19.1 Å². The quantitative estimate of drug-likeness (QED) is 0.874. The molecule has 1 fully saturated rings. The number of hydrogen-bond donors (Lipinski definition) is 1. The standard InChI is InChI=1S/C11H17NO3S/c1-9(11-3-2-6-15-11)12-10-4-7-16(13,14)8-5-10/h2-3,6,9-10,12H,4-5,7-8H2,1H3/t9-/m1/s1. The summed E-state index contributed by atoms with van der Waals surface area (Å²) >= 11 is 0. The molecule has 16 heavy (non-hydrogen) atoms. The molecule has 0 aliphatic carbocycles. The van der Waals surface area contributed by atoms with Gasteiger partial charge in [0.2, 0.25) is 0 Å². The molecule has 2 heterocycles. The summed E-state index contributed by atoms with van der Waals surface area (Å²) < 4.78 is 27.8. The van der Waals surface area contributed by atoms with Gasteiger partial charge in [0.05, 0.1) is 23.8 Å². The van der Waals surface area contributed by atoms with Crippen LogP contribution in [0, 0.1) is 0 Å². The van der Waals surface area contributed by atoms with E-state index >= 15 is 0 Å². The zero-order chi connectivity index (χ0) is 11.6. The van der Waals surface area contributed by atoms with Crippen molar-refractivity contribution in [3.63, 3.8) is 0 Å². The van der Waals surface area contributed by atoms with Gasteiger partial charge in [0.15, 0.2) is 0 Å². The predicted molar refractivity (Wildman–Crippen MR) is 61.9 cm³/mol. The zero-order valence-corrected chi connectivity index (χ0v) is 10.2. The Kier molecular flexibility index (Phi) is 3.35. The lowest BCUT2D eigenvalue weighted by Crippen LogP contribution is -2.38. The minimum atomic E-state index is -2.77. The van der Waals surface area contributed by atoms with Crippen LogP contribution in [0.1, 0.15) is 31.6 Å². The molecule has 1 atom stereocenters. The van der Waals surface area contributed by atoms with E-state index in [-0.39, 0.29) is 12.1 Å². The molecule has 1 aromatic rings. The SMILES string of the molecule is C[C@@H](NC1CCS(=O)(=O)CC1)c1ccco1. The van der Waals surface area contributed by atoms with Crippen molar-refractivity contribution in [1.29, 1.82) is 0 Å². The van der Waals surface area contributed by atoms with Gasteiger partial charge in [-0.3, -0.25) is 0 Å². The first kappa shape index (κ1) is 11.7. The van der Waals surface area contributed by atoms with Gasteiger partial charge < -0.3 is 9.73 Å². The highest BCUT2D eigenvalue weighted by Crippen LogP contribution is 2.18. The van der Waals surface area contributed by atoms with Crippen LogP contribution in [0.25, 0.3) is 0 Å². The van der Waals surface area contributed by atoms with Crippen molar-refractivity contribution in [3.05, 3.63) is 24.2 Å². The topological polar surface area (TPSA) is 59.3 Å². The van der Waals surface area contributed by atoms with Crippen molar-refractivity contribution in [2.24, 2.45) is 0 Å². The van der Waals surface area contributed by atoms with Crippen LogP contribution in [0.5, 0.6) is 0 Å². The Morgan fingerprint density at radius 2 is 2.12 bits per heavy atom. The fraction of sp³-hybridized carbons (Fsp3) is 0.636. The Labute approximate surface area is 95.9 Å². The summed E-state index contributed by atoms with van der Waals surface area (Å²) in [5.74, 6) is 1.50. The number of sulfone groups is 1. The molecule has 5 heteroatoms. The number of nitrogens with one attached hydrogen (secondary N) is 1. The molecule has 0 radical (unpaired) electrons. The largest absolute Gasteiger partial charge is 0.468 e. The highest BCUT2D eigenvalue weighted by molar-refractivity contribution is 7.91. The van der Waals surface area contributed by atoms with Crippen molar-refractivity contribution in [2.45, 2.75) is 31.8 Å². The second-order valence-electron chi connectivity index (χ2n) is 4.33. The molecule has 1 aromatic heterocycles. The first-order chi connectivity index (χ1) is 7.57. The lowest BCUT2D eigenvalue weighted by Gasteiger charge is -2.25. The average molecular weight is 243 g/mol. The molecule has 0 saturated carbocycles. The fourth-order valence-corrected chi connectivity index (χ4v) is 3.52. The van der Waals surface area contributed by atoms with E-state index in [9.17, 15) is 8.42 Å². The lowest BCUT2D eigenvalue weighted by atomic mass is 10.1. The molecular formula is C11H17NO3S. The van der Waals surface area contributed by atoms with Gasteiger partial charge in [-0.15, -0.1) is 0 Å². The van der Waals surface area contributed by atoms with Crippen LogP contribution in [0.4, 0.5) is 0 Å². The van der Waals surface area contributed by atoms with E-state index in [1.54, 1.807) is 6.26 Å². The minimum Gasteiger partial charge on any atom is -0.468 e. The van der Waals surface area contributed by atoms with Crippen LogP contribution in [-0.4, -0.2) is 26.0 Å². The maximum absolute atomic E-state index is 11.3. The van der Waals surface area contributed by atoms with Gasteiger partial charge in [0.25, 0.3) is 0 Å². The Hall–Kier alpha value is -0.810. The summed E-state index contributed by atoms with van der Waals surface area (Å²) in [6.45, 7) is 2.03. The van der Waals surface area contributed by atoms with E-state index in [2.05, 4.69) is 5.32 Å². The lowest BCUT2D eigenvalue weighted by molar-refractivity contribution is 0.371. The van der Waals surface area contributed by atoms with E-state index in [4.69, 9.17) is 4.42 Å². The van der Waals surface area contributed by atoms with Crippen molar-refractivity contribution in [3.8, 4) is 0 Å². The number of hydrogen-bond acceptors (Lipinski definition) is 4. The average Bonchev–Trinajstić information content (AvgIpc) is 2.74. The zero-order valence-electron chi connectivity index (χ0n) is 9.35. The molecule has 2 rings (SSSR count). The van der Waals surface area contributed by atoms with Crippen LogP contribution in [0.2, 0.25) is 0 Å². The van der Waals surface area contributed by atoms with Crippen molar-refractivity contribution in [1.82, 2.24) is 5.32 Å². The third-order valence-electron chi connectivity index (χ3n) is 3.01. The normalized spacial score (nSPS) is 23.1. The molecule has 90 valence electrons. The molecule has 0 unspecified atom stereocenters. The minimum absolute atomic E-state index is 0.140. The summed E-state index contributed by atoms with van der Waals surface area (Å²) in [4.78, 5) is 0. The van der Waals surface area contributed by atoms with Crippen LogP contribution in [0.3, 0.4) is 0 Å². The maximum atomic E-state index is 11.3. The van der Waals surface area contributed by atoms with Crippen LogP contribution in [0.15, 0.2) is 22.8 Å². The molecule has 1 aliphatic heterocycles. The fourth-order valence-electron chi connectivity index (χ4n) is 2.03. The van der Waals surface area contributed by atoms with Crippen LogP contribution in [-0.2, 0) is 9.84 Å². The highest BCUT2D eigenvalue weighted by Gasteiger charge is 2.24. The van der Waals surface area contributed by atoms with Gasteiger partial charge in [-0.1, -0.05) is 0 Å². The third kappa shape index (κ3) is 2.86. The molecule has 0 aromatic carbocycles. The Balaban J connectivity index is 1.87. The molecule has 1 N–H and O–H groups in total. The molecule has 1 aliphatic rings. The second-order valence-corrected chi connectivity index (χ2v) is 6.63. The molecular weight excluding hydrogens is 226 g/mol. The number of furan rings is 1. The highest BCUT2D eigenvalue weighted by atomic mass is 32.2. The molecule has 0 amide bonds. The van der Waals surface area contributed by atoms with Gasteiger partial charge in [0.1, 0.15) is 15.6 Å². The summed E-state index contributed by atoms with van der Waals surface area (Å²) in [6.07, 6.45) is 3.06. The van der Waals surface area contributed by atoms with E-state index in [0.717, 1.165) is 5.76 Å². The monoisotopic (exact) mass is 243 g/mol. The van der Waals surface area contributed by atoms with E-state index in [0.29, 0.717) is 24.3 Å². The maximum Gasteiger partial charge on any atom is 0.150 e. The summed E-state index contributed by atoms with van der Waals surface area (Å²) in [7, 11) is -2.77. The van der Waals surface area contributed by atoms with Crippen LogP contribution < -0.4 is 5.32 Å². The molecule has 1 saturated heterocycles. The third-order valence-corrected chi connectivity index (χ3v) is 4.73. The van der Waals surface area contributed by atoms with Gasteiger partial charge in [-0.2, -0.15) is 0 Å². The van der Waals surface area contributed by atoms with Gasteiger partial charge in [-0.05, 0) is 31.9 Å². The van der Waals surface area contributed by atoms with Gasteiger partial charge in [-0.25, -0.2) is 8.42 Å². The summed E-state index contributed by atoms with van der Waals surface area (Å²) in [5, 5.41) is 3.40. The van der Waals surface area contributed by atoms with Crippen molar-refractivity contribution in [2.75, 3.05) is 11.5 Å². The summed E-state index contributed by atoms with van der Waals surface area (Å²) in [6, 6.07) is 4.21. The molecule has 0 bridgehead atoms. The molecule has 4 nitrogen and oxygen atoms in total. The Morgan fingerprint density at radius 1 is 1.44 bits per heavy atom. The molecule has 0 spiro atoms. The van der Waals surface area contributed by atoms with Gasteiger partial charge >= 0.3 is 0 Å². The Morgan fingerprint density at radius 3 is 2.69 bits per heavy atom. The summed E-state index contributed by atoms with van der Waals surface area (Å²) in [5.41, 5.74) is 0.